The highest BCUT2D eigenvalue weighted by Crippen LogP contribution is 2.27. The molecule has 0 saturated heterocycles. The molecule has 2 heterocycles. The fraction of sp³-hybridized carbons (Fsp3) is 0.381. The van der Waals surface area contributed by atoms with Crippen molar-refractivity contribution in [3.05, 3.63) is 53.2 Å². The molecule has 0 spiro atoms. The molecule has 0 atom stereocenters. The fourth-order valence-electron chi connectivity index (χ4n) is 2.83. The van der Waals surface area contributed by atoms with E-state index in [1.165, 1.54) is 11.8 Å². The predicted octanol–water partition coefficient (Wildman–Crippen LogP) is 3.66. The smallest absolute Gasteiger partial charge is 0.410 e. The molecular formula is C21H25N3O4. The summed E-state index contributed by atoms with van der Waals surface area (Å²) >= 11 is 0. The van der Waals surface area contributed by atoms with Crippen LogP contribution in [0.15, 0.2) is 36.5 Å². The summed E-state index contributed by atoms with van der Waals surface area (Å²) < 4.78 is 11.4. The van der Waals surface area contributed by atoms with E-state index >= 15 is 0 Å². The first kappa shape index (κ1) is 19.7. The number of carbonyl (C=O) groups is 2. The highest BCUT2D eigenvalue weighted by atomic mass is 16.6. The lowest BCUT2D eigenvalue weighted by atomic mass is 10.00. The number of fused-ring (bicyclic) bond motifs is 1. The Hall–Kier alpha value is -3.09. The van der Waals surface area contributed by atoms with Gasteiger partial charge in [-0.3, -0.25) is 4.79 Å². The van der Waals surface area contributed by atoms with Crippen molar-refractivity contribution in [1.82, 2.24) is 9.88 Å². The molecule has 2 amide bonds. The molecule has 7 heteroatoms. The summed E-state index contributed by atoms with van der Waals surface area (Å²) in [5, 5.41) is 0. The molecule has 148 valence electrons. The van der Waals surface area contributed by atoms with Gasteiger partial charge in [0.1, 0.15) is 11.4 Å². The molecule has 1 aliphatic rings. The Bertz CT molecular complexity index is 878. The molecule has 0 bridgehead atoms. The van der Waals surface area contributed by atoms with Crippen molar-refractivity contribution in [1.29, 1.82) is 0 Å². The van der Waals surface area contributed by atoms with Crippen molar-refractivity contribution in [3.63, 3.8) is 0 Å². The second kappa shape index (κ2) is 7.88. The maximum atomic E-state index is 12.5. The van der Waals surface area contributed by atoms with Crippen LogP contribution in [0.1, 0.15) is 48.7 Å². The highest BCUT2D eigenvalue weighted by molar-refractivity contribution is 5.92. The molecule has 0 saturated carbocycles. The molecule has 28 heavy (non-hydrogen) atoms. The van der Waals surface area contributed by atoms with Gasteiger partial charge in [-0.15, -0.1) is 0 Å². The molecule has 2 aromatic rings. The summed E-state index contributed by atoms with van der Waals surface area (Å²) in [5.41, 5.74) is 7.26. The number of benzene rings is 1. The SMILES string of the molecule is CCC(C)(C)OC(=O)N1CCc2ccc(Oc3ccc(C(N)=O)cn3)cc2C1. The number of hydrogen-bond acceptors (Lipinski definition) is 5. The van der Waals surface area contributed by atoms with Gasteiger partial charge in [0.2, 0.25) is 11.8 Å². The topological polar surface area (TPSA) is 94.7 Å². The first-order chi connectivity index (χ1) is 13.3. The summed E-state index contributed by atoms with van der Waals surface area (Å²) in [6.45, 7) is 6.91. The molecule has 2 N–H and O–H groups in total. The molecular weight excluding hydrogens is 358 g/mol. The van der Waals surface area contributed by atoms with E-state index in [2.05, 4.69) is 4.98 Å². The number of ether oxygens (including phenoxy) is 2. The molecule has 0 fully saturated rings. The molecule has 1 aliphatic heterocycles. The van der Waals surface area contributed by atoms with Crippen LogP contribution in [0, 0.1) is 0 Å². The minimum atomic E-state index is -0.536. The summed E-state index contributed by atoms with van der Waals surface area (Å²) in [4.78, 5) is 29.4. The average Bonchev–Trinajstić information content (AvgIpc) is 2.67. The average molecular weight is 383 g/mol. The van der Waals surface area contributed by atoms with Gasteiger partial charge in [0.25, 0.3) is 0 Å². The van der Waals surface area contributed by atoms with Crippen LogP contribution in [0.3, 0.4) is 0 Å². The van der Waals surface area contributed by atoms with Gasteiger partial charge in [-0.25, -0.2) is 9.78 Å². The van der Waals surface area contributed by atoms with Crippen LogP contribution in [-0.2, 0) is 17.7 Å². The number of rotatable bonds is 5. The third-order valence-corrected chi connectivity index (χ3v) is 4.91. The maximum Gasteiger partial charge on any atom is 0.410 e. The van der Waals surface area contributed by atoms with Crippen LogP contribution < -0.4 is 10.5 Å². The van der Waals surface area contributed by atoms with Crippen molar-refractivity contribution in [2.45, 2.75) is 45.8 Å². The third kappa shape index (κ3) is 4.60. The van der Waals surface area contributed by atoms with E-state index in [0.29, 0.717) is 30.3 Å². The van der Waals surface area contributed by atoms with Crippen molar-refractivity contribution >= 4 is 12.0 Å². The van der Waals surface area contributed by atoms with E-state index in [0.717, 1.165) is 18.4 Å². The Labute approximate surface area is 164 Å². The number of nitrogens with zero attached hydrogens (tertiary/aromatic N) is 2. The van der Waals surface area contributed by atoms with E-state index in [1.54, 1.807) is 17.0 Å². The molecule has 1 aromatic heterocycles. The number of nitrogens with two attached hydrogens (primary N) is 1. The summed E-state index contributed by atoms with van der Waals surface area (Å²) in [7, 11) is 0. The molecule has 0 radical (unpaired) electrons. The van der Waals surface area contributed by atoms with Crippen molar-refractivity contribution in [3.8, 4) is 11.6 Å². The molecule has 0 unspecified atom stereocenters. The van der Waals surface area contributed by atoms with Gasteiger partial charge in [-0.2, -0.15) is 0 Å². The second-order valence-corrected chi connectivity index (χ2v) is 7.43. The number of carbonyl (C=O) groups excluding carboxylic acids is 2. The standard InChI is InChI=1S/C21H25N3O4/c1-4-21(2,3)28-20(26)24-10-9-14-5-7-17(11-16(14)13-24)27-18-8-6-15(12-23-18)19(22)25/h5-8,11-12H,4,9-10,13H2,1-3H3,(H2,22,25). The number of hydrogen-bond donors (Lipinski definition) is 1. The van der Waals surface area contributed by atoms with E-state index in [9.17, 15) is 9.59 Å². The van der Waals surface area contributed by atoms with Crippen molar-refractivity contribution in [2.75, 3.05) is 6.54 Å². The Balaban J connectivity index is 1.70. The zero-order valence-electron chi connectivity index (χ0n) is 16.4. The Morgan fingerprint density at radius 1 is 1.21 bits per heavy atom. The maximum absolute atomic E-state index is 12.5. The van der Waals surface area contributed by atoms with Crippen LogP contribution in [-0.4, -0.2) is 34.0 Å². The van der Waals surface area contributed by atoms with E-state index < -0.39 is 11.5 Å². The van der Waals surface area contributed by atoms with Crippen LogP contribution in [0.2, 0.25) is 0 Å². The lowest BCUT2D eigenvalue weighted by molar-refractivity contribution is 0.00904. The van der Waals surface area contributed by atoms with Gasteiger partial charge >= 0.3 is 6.09 Å². The largest absolute Gasteiger partial charge is 0.443 e. The zero-order valence-corrected chi connectivity index (χ0v) is 16.4. The molecule has 7 nitrogen and oxygen atoms in total. The van der Waals surface area contributed by atoms with Crippen LogP contribution in [0.25, 0.3) is 0 Å². The predicted molar refractivity (Wildman–Crippen MR) is 104 cm³/mol. The molecule has 0 aliphatic carbocycles. The van der Waals surface area contributed by atoms with E-state index in [1.807, 2.05) is 39.0 Å². The minimum absolute atomic E-state index is 0.299. The zero-order chi connectivity index (χ0) is 20.3. The third-order valence-electron chi connectivity index (χ3n) is 4.91. The van der Waals surface area contributed by atoms with Gasteiger partial charge < -0.3 is 20.1 Å². The Morgan fingerprint density at radius 3 is 2.64 bits per heavy atom. The highest BCUT2D eigenvalue weighted by Gasteiger charge is 2.27. The lowest BCUT2D eigenvalue weighted by Crippen LogP contribution is -2.40. The van der Waals surface area contributed by atoms with Gasteiger partial charge in [0.15, 0.2) is 0 Å². The van der Waals surface area contributed by atoms with Crippen LogP contribution in [0.5, 0.6) is 11.6 Å². The van der Waals surface area contributed by atoms with Gasteiger partial charge in [-0.05, 0) is 56.0 Å². The van der Waals surface area contributed by atoms with Crippen LogP contribution in [0.4, 0.5) is 4.79 Å². The molecule has 1 aromatic carbocycles. The number of pyridine rings is 1. The monoisotopic (exact) mass is 383 g/mol. The normalized spacial score (nSPS) is 13.6. The van der Waals surface area contributed by atoms with Crippen molar-refractivity contribution < 1.29 is 19.1 Å². The number of aromatic nitrogens is 1. The minimum Gasteiger partial charge on any atom is -0.443 e. The molecule has 3 rings (SSSR count). The summed E-state index contributed by atoms with van der Waals surface area (Å²) in [5.74, 6) is 0.440. The van der Waals surface area contributed by atoms with Crippen molar-refractivity contribution in [2.24, 2.45) is 5.73 Å². The number of amides is 2. The van der Waals surface area contributed by atoms with Gasteiger partial charge in [0, 0.05) is 25.4 Å². The van der Waals surface area contributed by atoms with E-state index in [-0.39, 0.29) is 6.09 Å². The quantitative estimate of drug-likeness (QED) is 0.850. The Kier molecular flexibility index (Phi) is 5.53. The summed E-state index contributed by atoms with van der Waals surface area (Å²) in [6, 6.07) is 8.94. The fourth-order valence-corrected chi connectivity index (χ4v) is 2.83. The Morgan fingerprint density at radius 2 is 2.00 bits per heavy atom. The van der Waals surface area contributed by atoms with Gasteiger partial charge in [-0.1, -0.05) is 13.0 Å². The first-order valence-corrected chi connectivity index (χ1v) is 9.31. The van der Waals surface area contributed by atoms with E-state index in [4.69, 9.17) is 15.2 Å². The summed E-state index contributed by atoms with van der Waals surface area (Å²) in [6.07, 6.45) is 2.60. The first-order valence-electron chi connectivity index (χ1n) is 9.31. The number of primary amides is 1. The second-order valence-electron chi connectivity index (χ2n) is 7.43. The lowest BCUT2D eigenvalue weighted by Gasteiger charge is -2.32. The van der Waals surface area contributed by atoms with Crippen LogP contribution >= 0.6 is 0 Å². The van der Waals surface area contributed by atoms with Gasteiger partial charge in [0.05, 0.1) is 5.56 Å².